The fraction of sp³-hybridized carbons (Fsp3) is 0.440. The van der Waals surface area contributed by atoms with Gasteiger partial charge in [-0.3, -0.25) is 9.59 Å². The smallest absolute Gasteiger partial charge is 0.265 e. The number of anilines is 2. The average molecular weight is 438 g/mol. The monoisotopic (exact) mass is 437 g/mol. The Morgan fingerprint density at radius 3 is 2.53 bits per heavy atom. The molecule has 2 aliphatic rings. The van der Waals surface area contributed by atoms with Crippen LogP contribution in [0.25, 0.3) is 0 Å². The second-order valence-electron chi connectivity index (χ2n) is 8.37. The van der Waals surface area contributed by atoms with E-state index in [1.807, 2.05) is 41.3 Å². The molecule has 2 atom stereocenters. The number of amides is 2. The van der Waals surface area contributed by atoms with Crippen molar-refractivity contribution in [3.05, 3.63) is 54.1 Å². The van der Waals surface area contributed by atoms with E-state index in [1.54, 1.807) is 4.90 Å². The number of benzene rings is 2. The van der Waals surface area contributed by atoms with E-state index in [0.717, 1.165) is 17.8 Å². The Morgan fingerprint density at radius 1 is 1.09 bits per heavy atom. The molecule has 2 amide bonds. The average Bonchev–Trinajstić information content (AvgIpc) is 2.84. The second-order valence-corrected chi connectivity index (χ2v) is 8.37. The standard InChI is InChI=1S/C25H31N3O4/c1-3-18(2)19-8-10-20(11-9-19)26-24(29)17-28-16-23(25(30)27-12-14-31-15-13-27)32-22-7-5-4-6-21(22)28/h4-11,18,23H,3,12-17H2,1-2H3,(H,26,29)/t18-,23+/m0/s1. The topological polar surface area (TPSA) is 71.1 Å². The quantitative estimate of drug-likeness (QED) is 0.751. The van der Waals surface area contributed by atoms with Crippen LogP contribution < -0.4 is 15.0 Å². The first-order valence-electron chi connectivity index (χ1n) is 11.3. The summed E-state index contributed by atoms with van der Waals surface area (Å²) in [6.45, 7) is 7.03. The van der Waals surface area contributed by atoms with Gasteiger partial charge in [0.05, 0.1) is 32.0 Å². The molecule has 170 valence electrons. The molecule has 0 unspecified atom stereocenters. The van der Waals surface area contributed by atoms with E-state index >= 15 is 0 Å². The number of nitrogens with zero attached hydrogens (tertiary/aromatic N) is 2. The normalized spacial score (nSPS) is 19.0. The van der Waals surface area contributed by atoms with Gasteiger partial charge in [-0.15, -0.1) is 0 Å². The summed E-state index contributed by atoms with van der Waals surface area (Å²) in [6, 6.07) is 15.5. The Balaban J connectivity index is 1.44. The van der Waals surface area contributed by atoms with Crippen molar-refractivity contribution in [2.75, 3.05) is 49.6 Å². The molecule has 1 N–H and O–H groups in total. The molecule has 32 heavy (non-hydrogen) atoms. The van der Waals surface area contributed by atoms with Gasteiger partial charge in [-0.1, -0.05) is 38.1 Å². The summed E-state index contributed by atoms with van der Waals surface area (Å²) in [7, 11) is 0. The Labute approximate surface area is 189 Å². The summed E-state index contributed by atoms with van der Waals surface area (Å²) in [5.74, 6) is 0.922. The molecular formula is C25H31N3O4. The van der Waals surface area contributed by atoms with Gasteiger partial charge in [-0.25, -0.2) is 0 Å². The first-order chi connectivity index (χ1) is 15.5. The zero-order valence-electron chi connectivity index (χ0n) is 18.8. The van der Waals surface area contributed by atoms with Crippen LogP contribution in [0, 0.1) is 0 Å². The van der Waals surface area contributed by atoms with E-state index in [1.165, 1.54) is 5.56 Å². The zero-order chi connectivity index (χ0) is 22.5. The molecule has 2 aromatic rings. The third-order valence-corrected chi connectivity index (χ3v) is 6.17. The molecule has 0 aliphatic carbocycles. The number of fused-ring (bicyclic) bond motifs is 1. The van der Waals surface area contributed by atoms with E-state index in [0.29, 0.717) is 44.5 Å². The maximum atomic E-state index is 13.0. The van der Waals surface area contributed by atoms with Crippen molar-refractivity contribution >= 4 is 23.2 Å². The van der Waals surface area contributed by atoms with Crippen LogP contribution in [0.4, 0.5) is 11.4 Å². The van der Waals surface area contributed by atoms with Crippen molar-refractivity contribution in [1.82, 2.24) is 4.90 Å². The summed E-state index contributed by atoms with van der Waals surface area (Å²) < 4.78 is 11.4. The van der Waals surface area contributed by atoms with Gasteiger partial charge in [0.1, 0.15) is 5.75 Å². The highest BCUT2D eigenvalue weighted by molar-refractivity contribution is 5.95. The Kier molecular flexibility index (Phi) is 6.95. The largest absolute Gasteiger partial charge is 0.477 e. The number of para-hydroxylation sites is 2. The SMILES string of the molecule is CC[C@H](C)c1ccc(NC(=O)CN2C[C@H](C(=O)N3CCOCC3)Oc3ccccc32)cc1. The van der Waals surface area contributed by atoms with E-state index in [4.69, 9.17) is 9.47 Å². The third kappa shape index (κ3) is 5.05. The molecule has 0 aromatic heterocycles. The van der Waals surface area contributed by atoms with Gasteiger partial charge in [0.2, 0.25) is 5.91 Å². The number of carbonyl (C=O) groups is 2. The lowest BCUT2D eigenvalue weighted by atomic mass is 9.99. The van der Waals surface area contributed by atoms with Crippen molar-refractivity contribution in [3.8, 4) is 5.75 Å². The number of rotatable bonds is 6. The maximum absolute atomic E-state index is 13.0. The van der Waals surface area contributed by atoms with E-state index in [9.17, 15) is 9.59 Å². The van der Waals surface area contributed by atoms with Crippen LogP contribution in [0.2, 0.25) is 0 Å². The molecule has 1 fully saturated rings. The lowest BCUT2D eigenvalue weighted by Crippen LogP contribution is -2.53. The van der Waals surface area contributed by atoms with Crippen LogP contribution in [0.15, 0.2) is 48.5 Å². The fourth-order valence-electron chi connectivity index (χ4n) is 4.08. The molecule has 0 saturated carbocycles. The van der Waals surface area contributed by atoms with Crippen molar-refractivity contribution in [2.24, 2.45) is 0 Å². The first kappa shape index (κ1) is 22.1. The molecule has 2 heterocycles. The van der Waals surface area contributed by atoms with Crippen molar-refractivity contribution < 1.29 is 19.1 Å². The molecule has 0 radical (unpaired) electrons. The van der Waals surface area contributed by atoms with E-state index < -0.39 is 6.10 Å². The van der Waals surface area contributed by atoms with Gasteiger partial charge in [-0.2, -0.15) is 0 Å². The minimum Gasteiger partial charge on any atom is -0.477 e. The summed E-state index contributed by atoms with van der Waals surface area (Å²) in [6.07, 6.45) is 0.428. The molecule has 4 rings (SSSR count). The van der Waals surface area contributed by atoms with Crippen molar-refractivity contribution in [3.63, 3.8) is 0 Å². The van der Waals surface area contributed by atoms with Gasteiger partial charge in [0.25, 0.3) is 5.91 Å². The van der Waals surface area contributed by atoms with Crippen LogP contribution in [0.1, 0.15) is 31.7 Å². The third-order valence-electron chi connectivity index (χ3n) is 6.17. The maximum Gasteiger partial charge on any atom is 0.265 e. The Morgan fingerprint density at radius 2 is 1.81 bits per heavy atom. The minimum atomic E-state index is -0.648. The summed E-state index contributed by atoms with van der Waals surface area (Å²) in [5, 5.41) is 2.98. The molecular weight excluding hydrogens is 406 g/mol. The molecule has 1 saturated heterocycles. The minimum absolute atomic E-state index is 0.0613. The predicted octanol–water partition coefficient (Wildman–Crippen LogP) is 3.27. The van der Waals surface area contributed by atoms with Gasteiger partial charge in [0, 0.05) is 18.8 Å². The summed E-state index contributed by atoms with van der Waals surface area (Å²) >= 11 is 0. The molecule has 7 heteroatoms. The molecule has 2 aromatic carbocycles. The highest BCUT2D eigenvalue weighted by Crippen LogP contribution is 2.33. The number of hydrogen-bond acceptors (Lipinski definition) is 5. The van der Waals surface area contributed by atoms with Gasteiger partial charge in [0.15, 0.2) is 6.10 Å². The lowest BCUT2D eigenvalue weighted by Gasteiger charge is -2.38. The summed E-state index contributed by atoms with van der Waals surface area (Å²) in [5.41, 5.74) is 2.85. The number of morpholine rings is 1. The van der Waals surface area contributed by atoms with Gasteiger partial charge >= 0.3 is 0 Å². The molecule has 0 spiro atoms. The van der Waals surface area contributed by atoms with Crippen LogP contribution in [-0.2, 0) is 14.3 Å². The highest BCUT2D eigenvalue weighted by Gasteiger charge is 2.34. The van der Waals surface area contributed by atoms with Gasteiger partial charge < -0.3 is 24.6 Å². The molecule has 2 aliphatic heterocycles. The predicted molar refractivity (Wildman–Crippen MR) is 124 cm³/mol. The fourth-order valence-corrected chi connectivity index (χ4v) is 4.08. The van der Waals surface area contributed by atoms with E-state index in [-0.39, 0.29) is 18.4 Å². The summed E-state index contributed by atoms with van der Waals surface area (Å²) in [4.78, 5) is 29.6. The number of carbonyl (C=O) groups excluding carboxylic acids is 2. The number of hydrogen-bond donors (Lipinski definition) is 1. The second kappa shape index (κ2) is 10.0. The van der Waals surface area contributed by atoms with Crippen molar-refractivity contribution in [1.29, 1.82) is 0 Å². The van der Waals surface area contributed by atoms with Gasteiger partial charge in [-0.05, 0) is 42.2 Å². The zero-order valence-corrected chi connectivity index (χ0v) is 18.8. The lowest BCUT2D eigenvalue weighted by molar-refractivity contribution is -0.142. The van der Waals surface area contributed by atoms with E-state index in [2.05, 4.69) is 31.3 Å². The Hall–Kier alpha value is -3.06. The van der Waals surface area contributed by atoms with Crippen molar-refractivity contribution in [2.45, 2.75) is 32.3 Å². The van der Waals surface area contributed by atoms with Crippen LogP contribution in [0.5, 0.6) is 5.75 Å². The first-order valence-corrected chi connectivity index (χ1v) is 11.3. The Bertz CT molecular complexity index is 940. The number of ether oxygens (including phenoxy) is 2. The highest BCUT2D eigenvalue weighted by atomic mass is 16.5. The molecule has 0 bridgehead atoms. The number of nitrogens with one attached hydrogen (secondary N) is 1. The van der Waals surface area contributed by atoms with Crippen LogP contribution in [0.3, 0.4) is 0 Å². The van der Waals surface area contributed by atoms with Crippen LogP contribution >= 0.6 is 0 Å². The molecule has 7 nitrogen and oxygen atoms in total. The van der Waals surface area contributed by atoms with Crippen LogP contribution in [-0.4, -0.2) is 62.2 Å².